The van der Waals surface area contributed by atoms with Crippen LogP contribution in [0.2, 0.25) is 0 Å². The third-order valence-electron chi connectivity index (χ3n) is 4.00. The van der Waals surface area contributed by atoms with Crippen molar-refractivity contribution in [2.45, 2.75) is 6.18 Å². The number of hydrogen-bond donors (Lipinski definition) is 2. The van der Waals surface area contributed by atoms with Crippen LogP contribution in [0.15, 0.2) is 65.3 Å². The molecule has 0 bridgehead atoms. The van der Waals surface area contributed by atoms with E-state index in [1.807, 2.05) is 0 Å². The Bertz CT molecular complexity index is 1150. The summed E-state index contributed by atoms with van der Waals surface area (Å²) in [6.45, 7) is -0.685. The van der Waals surface area contributed by atoms with Gasteiger partial charge >= 0.3 is 6.18 Å². The van der Waals surface area contributed by atoms with Gasteiger partial charge < -0.3 is 19.8 Å². The number of anilines is 2. The summed E-state index contributed by atoms with van der Waals surface area (Å²) < 4.78 is 50.4. The van der Waals surface area contributed by atoms with Gasteiger partial charge in [-0.1, -0.05) is 6.07 Å². The molecule has 0 fully saturated rings. The van der Waals surface area contributed by atoms with Gasteiger partial charge in [-0.15, -0.1) is 0 Å². The number of benzene rings is 2. The molecule has 0 spiro atoms. The minimum absolute atomic E-state index is 0.00128. The van der Waals surface area contributed by atoms with E-state index in [1.165, 1.54) is 42.7 Å². The molecule has 1 heterocycles. The van der Waals surface area contributed by atoms with Crippen molar-refractivity contribution in [3.8, 4) is 5.75 Å². The number of carbonyl (C=O) groups is 2. The topological polar surface area (TPSA) is 124 Å². The molecule has 0 radical (unpaired) electrons. The van der Waals surface area contributed by atoms with Crippen LogP contribution in [-0.2, 0) is 11.0 Å². The lowest BCUT2D eigenvalue weighted by Crippen LogP contribution is -2.22. The van der Waals surface area contributed by atoms with Crippen LogP contribution in [0.4, 0.5) is 30.2 Å². The maximum Gasteiger partial charge on any atom is 0.418 e. The monoisotopic (exact) mass is 449 g/mol. The molecular weight excluding hydrogens is 435 g/mol. The van der Waals surface area contributed by atoms with Crippen LogP contribution in [0, 0.1) is 10.1 Å². The number of rotatable bonds is 7. The fourth-order valence-corrected chi connectivity index (χ4v) is 2.59. The first-order valence-corrected chi connectivity index (χ1v) is 8.86. The quantitative estimate of drug-likeness (QED) is 0.405. The molecule has 166 valence electrons. The van der Waals surface area contributed by atoms with Gasteiger partial charge in [-0.2, -0.15) is 13.2 Å². The number of carbonyl (C=O) groups excluding carboxylic acids is 2. The molecule has 0 atom stereocenters. The maximum absolute atomic E-state index is 13.5. The van der Waals surface area contributed by atoms with Crippen LogP contribution < -0.4 is 15.4 Å². The van der Waals surface area contributed by atoms with Gasteiger partial charge in [0.1, 0.15) is 5.75 Å². The van der Waals surface area contributed by atoms with E-state index in [2.05, 4.69) is 10.6 Å². The number of amides is 2. The predicted molar refractivity (Wildman–Crippen MR) is 105 cm³/mol. The molecule has 1 aromatic heterocycles. The lowest BCUT2D eigenvalue weighted by atomic mass is 10.1. The highest BCUT2D eigenvalue weighted by Crippen LogP contribution is 2.36. The first-order valence-electron chi connectivity index (χ1n) is 8.86. The third kappa shape index (κ3) is 5.62. The summed E-state index contributed by atoms with van der Waals surface area (Å²) in [6, 6.07) is 10.6. The van der Waals surface area contributed by atoms with Crippen LogP contribution in [0.5, 0.6) is 5.75 Å². The fraction of sp³-hybridized carbons (Fsp3) is 0.100. The Morgan fingerprint density at radius 1 is 1.06 bits per heavy atom. The number of nitrogens with zero attached hydrogens (tertiary/aromatic N) is 1. The fourth-order valence-electron chi connectivity index (χ4n) is 2.59. The van der Waals surface area contributed by atoms with Crippen LogP contribution in [0.25, 0.3) is 0 Å². The summed E-state index contributed by atoms with van der Waals surface area (Å²) in [7, 11) is 0. The number of nitro benzene ring substituents is 1. The minimum atomic E-state index is -4.84. The molecule has 0 saturated carbocycles. The van der Waals surface area contributed by atoms with Crippen molar-refractivity contribution in [2.75, 3.05) is 17.2 Å². The molecular formula is C20H14F3N3O6. The molecule has 3 rings (SSSR count). The smallest absolute Gasteiger partial charge is 0.418 e. The first-order chi connectivity index (χ1) is 15.1. The highest BCUT2D eigenvalue weighted by molar-refractivity contribution is 6.02. The lowest BCUT2D eigenvalue weighted by Gasteiger charge is -2.16. The van der Waals surface area contributed by atoms with Gasteiger partial charge in [-0.25, -0.2) is 0 Å². The van der Waals surface area contributed by atoms with E-state index in [4.69, 9.17) is 9.15 Å². The van der Waals surface area contributed by atoms with E-state index >= 15 is 0 Å². The summed E-state index contributed by atoms with van der Waals surface area (Å²) in [5, 5.41) is 15.1. The van der Waals surface area contributed by atoms with Gasteiger partial charge in [0.25, 0.3) is 17.5 Å². The predicted octanol–water partition coefficient (Wildman–Crippen LogP) is 4.48. The van der Waals surface area contributed by atoms with E-state index in [0.717, 1.165) is 12.1 Å². The molecule has 2 aromatic carbocycles. The van der Waals surface area contributed by atoms with Gasteiger partial charge in [0.05, 0.1) is 28.5 Å². The molecule has 0 aliphatic heterocycles. The highest BCUT2D eigenvalue weighted by atomic mass is 19.4. The van der Waals surface area contributed by atoms with Gasteiger partial charge in [-0.3, -0.25) is 19.7 Å². The maximum atomic E-state index is 13.5. The van der Waals surface area contributed by atoms with E-state index in [0.29, 0.717) is 6.07 Å². The Labute approximate surface area is 177 Å². The lowest BCUT2D eigenvalue weighted by molar-refractivity contribution is -0.384. The molecule has 0 unspecified atom stereocenters. The van der Waals surface area contributed by atoms with Crippen molar-refractivity contribution in [3.05, 3.63) is 82.3 Å². The molecule has 12 heteroatoms. The van der Waals surface area contributed by atoms with Crippen LogP contribution >= 0.6 is 0 Å². The second-order valence-electron chi connectivity index (χ2n) is 6.28. The van der Waals surface area contributed by atoms with Gasteiger partial charge in [-0.05, 0) is 36.4 Å². The molecule has 2 N–H and O–H groups in total. The summed E-state index contributed by atoms with van der Waals surface area (Å²) in [4.78, 5) is 34.2. The van der Waals surface area contributed by atoms with Gasteiger partial charge in [0.2, 0.25) is 0 Å². The molecule has 3 aromatic rings. The zero-order chi connectivity index (χ0) is 23.3. The second kappa shape index (κ2) is 9.20. The van der Waals surface area contributed by atoms with Crippen LogP contribution in [0.1, 0.15) is 16.1 Å². The first kappa shape index (κ1) is 22.3. The van der Waals surface area contributed by atoms with E-state index < -0.39 is 40.8 Å². The average Bonchev–Trinajstić information content (AvgIpc) is 3.28. The van der Waals surface area contributed by atoms with Gasteiger partial charge in [0, 0.05) is 11.8 Å². The minimum Gasteiger partial charge on any atom is -0.484 e. The van der Waals surface area contributed by atoms with E-state index in [9.17, 15) is 32.9 Å². The van der Waals surface area contributed by atoms with E-state index in [-0.39, 0.29) is 22.9 Å². The van der Waals surface area contributed by atoms with Crippen molar-refractivity contribution < 1.29 is 36.8 Å². The second-order valence-corrected chi connectivity index (χ2v) is 6.28. The van der Waals surface area contributed by atoms with Gasteiger partial charge in [0.15, 0.2) is 12.4 Å². The SMILES string of the molecule is O=C(COc1cccc([N+](=O)[O-])c1)Nc1ccc(NC(=O)c2ccco2)cc1C(F)(F)F. The largest absolute Gasteiger partial charge is 0.484 e. The number of hydrogen-bond acceptors (Lipinski definition) is 6. The van der Waals surface area contributed by atoms with Crippen molar-refractivity contribution in [1.29, 1.82) is 0 Å². The number of non-ortho nitro benzene ring substituents is 1. The molecule has 9 nitrogen and oxygen atoms in total. The Morgan fingerprint density at radius 2 is 1.84 bits per heavy atom. The third-order valence-corrected chi connectivity index (χ3v) is 4.00. The number of ether oxygens (including phenoxy) is 1. The number of alkyl halides is 3. The molecule has 0 aliphatic carbocycles. The summed E-state index contributed by atoms with van der Waals surface area (Å²) in [5.41, 5.74) is -2.18. The van der Waals surface area contributed by atoms with E-state index in [1.54, 1.807) is 0 Å². The Hall–Kier alpha value is -4.35. The number of nitrogens with one attached hydrogen (secondary N) is 2. The standard InChI is InChI=1S/C20H14F3N3O6/c21-20(22,23)15-9-12(24-19(28)17-5-2-8-31-17)6-7-16(15)25-18(27)11-32-14-4-1-3-13(10-14)26(29)30/h1-10H,11H2,(H,24,28)(H,25,27). The summed E-state index contributed by atoms with van der Waals surface area (Å²) >= 11 is 0. The average molecular weight is 449 g/mol. The zero-order valence-corrected chi connectivity index (χ0v) is 16.0. The summed E-state index contributed by atoms with van der Waals surface area (Å²) in [5.74, 6) is -1.75. The van der Waals surface area contributed by atoms with Crippen LogP contribution in [-0.4, -0.2) is 23.3 Å². The Kier molecular flexibility index (Phi) is 6.42. The van der Waals surface area contributed by atoms with Crippen LogP contribution in [0.3, 0.4) is 0 Å². The van der Waals surface area contributed by atoms with Crippen molar-refractivity contribution >= 4 is 28.9 Å². The molecule has 32 heavy (non-hydrogen) atoms. The Balaban J connectivity index is 1.71. The Morgan fingerprint density at radius 3 is 2.50 bits per heavy atom. The number of furan rings is 1. The molecule has 2 amide bonds. The van der Waals surface area contributed by atoms with Crippen molar-refractivity contribution in [1.82, 2.24) is 0 Å². The van der Waals surface area contributed by atoms with Crippen molar-refractivity contribution in [2.24, 2.45) is 0 Å². The molecule has 0 saturated heterocycles. The number of halogens is 3. The highest BCUT2D eigenvalue weighted by Gasteiger charge is 2.34. The molecule has 0 aliphatic rings. The van der Waals surface area contributed by atoms with Crippen molar-refractivity contribution in [3.63, 3.8) is 0 Å². The number of nitro groups is 1. The zero-order valence-electron chi connectivity index (χ0n) is 16.0. The normalized spacial score (nSPS) is 11.0. The summed E-state index contributed by atoms with van der Waals surface area (Å²) in [6.07, 6.45) is -3.60.